The summed E-state index contributed by atoms with van der Waals surface area (Å²) >= 11 is 0. The van der Waals surface area contributed by atoms with Crippen molar-refractivity contribution in [2.45, 2.75) is 45.6 Å². The van der Waals surface area contributed by atoms with E-state index < -0.39 is 18.0 Å². The highest BCUT2D eigenvalue weighted by atomic mass is 16.2. The molecule has 4 amide bonds. The molecule has 2 aliphatic rings. The van der Waals surface area contributed by atoms with Gasteiger partial charge in [-0.1, -0.05) is 30.5 Å². The van der Waals surface area contributed by atoms with E-state index in [0.29, 0.717) is 11.4 Å². The lowest BCUT2D eigenvalue weighted by atomic mass is 10.2. The molecule has 2 aliphatic heterocycles. The summed E-state index contributed by atoms with van der Waals surface area (Å²) in [6.45, 7) is 5.44. The molecule has 1 N–H and O–H groups in total. The first kappa shape index (κ1) is 21.9. The molecule has 32 heavy (non-hydrogen) atoms. The third-order valence-corrected chi connectivity index (χ3v) is 6.18. The van der Waals surface area contributed by atoms with E-state index in [1.807, 2.05) is 55.5 Å². The summed E-state index contributed by atoms with van der Waals surface area (Å²) in [6, 6.07) is 14.0. The Bertz CT molecular complexity index is 979. The molecule has 7 nitrogen and oxygen atoms in total. The Balaban J connectivity index is 1.38. The van der Waals surface area contributed by atoms with Gasteiger partial charge in [-0.3, -0.25) is 19.4 Å². The van der Waals surface area contributed by atoms with E-state index in [0.717, 1.165) is 29.2 Å². The molecule has 0 radical (unpaired) electrons. The molecule has 2 aromatic rings. The number of nitrogens with zero attached hydrogens (tertiary/aromatic N) is 3. The van der Waals surface area contributed by atoms with Crippen LogP contribution in [0.5, 0.6) is 0 Å². The molecule has 2 heterocycles. The highest BCUT2D eigenvalue weighted by Gasteiger charge is 2.44. The molecule has 168 valence electrons. The van der Waals surface area contributed by atoms with Gasteiger partial charge in [0.1, 0.15) is 12.6 Å². The van der Waals surface area contributed by atoms with Crippen LogP contribution in [-0.4, -0.2) is 48.4 Å². The first-order valence-corrected chi connectivity index (χ1v) is 11.3. The van der Waals surface area contributed by atoms with Crippen molar-refractivity contribution in [3.63, 3.8) is 0 Å². The van der Waals surface area contributed by atoms with Crippen molar-refractivity contribution in [3.05, 3.63) is 54.1 Å². The van der Waals surface area contributed by atoms with E-state index in [9.17, 15) is 14.4 Å². The summed E-state index contributed by atoms with van der Waals surface area (Å²) in [5.41, 5.74) is 3.51. The normalized spacial score (nSPS) is 19.3. The number of hydrogen-bond acceptors (Lipinski definition) is 4. The van der Waals surface area contributed by atoms with E-state index in [1.54, 1.807) is 6.92 Å². The van der Waals surface area contributed by atoms with E-state index >= 15 is 0 Å². The van der Waals surface area contributed by atoms with Gasteiger partial charge >= 0.3 is 6.03 Å². The van der Waals surface area contributed by atoms with Gasteiger partial charge < -0.3 is 10.2 Å². The van der Waals surface area contributed by atoms with Crippen LogP contribution in [0, 0.1) is 6.92 Å². The van der Waals surface area contributed by atoms with Crippen LogP contribution in [0.2, 0.25) is 0 Å². The SMILES string of the molecule is Cc1ccc(N2C(=O)N(CC(=O)Nc3ccc(N4CCCCCC4)cc3)C(=O)[C@H]2C)cc1. The molecule has 2 fully saturated rings. The first-order valence-electron chi connectivity index (χ1n) is 11.3. The highest BCUT2D eigenvalue weighted by Crippen LogP contribution is 2.26. The lowest BCUT2D eigenvalue weighted by Gasteiger charge is -2.23. The van der Waals surface area contributed by atoms with Crippen molar-refractivity contribution in [3.8, 4) is 0 Å². The minimum Gasteiger partial charge on any atom is -0.372 e. The number of benzene rings is 2. The van der Waals surface area contributed by atoms with E-state index in [2.05, 4.69) is 10.2 Å². The number of imide groups is 1. The summed E-state index contributed by atoms with van der Waals surface area (Å²) in [5.74, 6) is -0.769. The monoisotopic (exact) mass is 434 g/mol. The fourth-order valence-corrected chi connectivity index (χ4v) is 4.34. The van der Waals surface area contributed by atoms with Crippen LogP contribution < -0.4 is 15.1 Å². The molecule has 1 atom stereocenters. The minimum atomic E-state index is -0.647. The molecule has 0 aliphatic carbocycles. The number of aryl methyl sites for hydroxylation is 1. The number of rotatable bonds is 5. The zero-order valence-electron chi connectivity index (χ0n) is 18.7. The van der Waals surface area contributed by atoms with Crippen LogP contribution in [0.3, 0.4) is 0 Å². The van der Waals surface area contributed by atoms with Gasteiger partial charge in [0.25, 0.3) is 5.91 Å². The van der Waals surface area contributed by atoms with Gasteiger partial charge in [0, 0.05) is 30.2 Å². The van der Waals surface area contributed by atoms with Gasteiger partial charge in [-0.05, 0) is 63.1 Å². The second kappa shape index (κ2) is 9.42. The summed E-state index contributed by atoms with van der Waals surface area (Å²) in [4.78, 5) is 43.0. The van der Waals surface area contributed by atoms with Crippen molar-refractivity contribution in [2.24, 2.45) is 0 Å². The Hall–Kier alpha value is -3.35. The predicted molar refractivity (Wildman–Crippen MR) is 126 cm³/mol. The Morgan fingerprint density at radius 2 is 1.50 bits per heavy atom. The Kier molecular flexibility index (Phi) is 6.44. The average Bonchev–Trinajstić information content (AvgIpc) is 2.99. The molecular formula is C25H30N4O3. The number of anilines is 3. The maximum Gasteiger partial charge on any atom is 0.332 e. The van der Waals surface area contributed by atoms with E-state index in [1.165, 1.54) is 30.6 Å². The Morgan fingerprint density at radius 1 is 0.906 bits per heavy atom. The molecule has 2 saturated heterocycles. The van der Waals surface area contributed by atoms with Crippen LogP contribution in [0.4, 0.5) is 21.9 Å². The maximum absolute atomic E-state index is 12.9. The number of amides is 4. The number of urea groups is 1. The molecule has 0 spiro atoms. The highest BCUT2D eigenvalue weighted by molar-refractivity contribution is 6.16. The second-order valence-corrected chi connectivity index (χ2v) is 8.58. The quantitative estimate of drug-likeness (QED) is 0.717. The number of carbonyl (C=O) groups excluding carboxylic acids is 3. The average molecular weight is 435 g/mol. The smallest absolute Gasteiger partial charge is 0.332 e. The lowest BCUT2D eigenvalue weighted by Crippen LogP contribution is -2.39. The molecule has 2 aromatic carbocycles. The predicted octanol–water partition coefficient (Wildman–Crippen LogP) is 4.17. The van der Waals surface area contributed by atoms with Gasteiger partial charge in [0.05, 0.1) is 0 Å². The van der Waals surface area contributed by atoms with E-state index in [4.69, 9.17) is 0 Å². The van der Waals surface area contributed by atoms with Gasteiger partial charge in [-0.2, -0.15) is 0 Å². The topological polar surface area (TPSA) is 73.0 Å². The number of nitrogens with one attached hydrogen (secondary N) is 1. The first-order chi connectivity index (χ1) is 15.4. The zero-order valence-corrected chi connectivity index (χ0v) is 18.7. The zero-order chi connectivity index (χ0) is 22.7. The fraction of sp³-hybridized carbons (Fsp3) is 0.400. The molecule has 0 bridgehead atoms. The van der Waals surface area contributed by atoms with Crippen molar-refractivity contribution in [1.82, 2.24) is 4.90 Å². The summed E-state index contributed by atoms with van der Waals surface area (Å²) in [7, 11) is 0. The van der Waals surface area contributed by atoms with Crippen molar-refractivity contribution in [2.75, 3.05) is 34.8 Å². The minimum absolute atomic E-state index is 0.307. The Labute approximate surface area is 189 Å². The molecule has 0 unspecified atom stereocenters. The van der Waals surface area contributed by atoms with Crippen molar-refractivity contribution in [1.29, 1.82) is 0 Å². The molecule has 7 heteroatoms. The van der Waals surface area contributed by atoms with Crippen LogP contribution in [0.15, 0.2) is 48.5 Å². The van der Waals surface area contributed by atoms with Gasteiger partial charge in [0.15, 0.2) is 0 Å². The van der Waals surface area contributed by atoms with Crippen molar-refractivity contribution < 1.29 is 14.4 Å². The van der Waals surface area contributed by atoms with Crippen LogP contribution in [0.1, 0.15) is 38.2 Å². The summed E-state index contributed by atoms with van der Waals surface area (Å²) < 4.78 is 0. The molecule has 4 rings (SSSR count). The van der Waals surface area contributed by atoms with Gasteiger partial charge in [0.2, 0.25) is 5.91 Å². The van der Waals surface area contributed by atoms with Crippen LogP contribution >= 0.6 is 0 Å². The van der Waals surface area contributed by atoms with Gasteiger partial charge in [-0.25, -0.2) is 4.79 Å². The molecule has 0 saturated carbocycles. The van der Waals surface area contributed by atoms with E-state index in [-0.39, 0.29) is 12.5 Å². The van der Waals surface area contributed by atoms with Crippen molar-refractivity contribution >= 4 is 34.9 Å². The largest absolute Gasteiger partial charge is 0.372 e. The second-order valence-electron chi connectivity index (χ2n) is 8.58. The Morgan fingerprint density at radius 3 is 2.12 bits per heavy atom. The lowest BCUT2D eigenvalue weighted by molar-refractivity contribution is -0.130. The number of carbonyl (C=O) groups is 3. The fourth-order valence-electron chi connectivity index (χ4n) is 4.34. The third kappa shape index (κ3) is 4.61. The third-order valence-electron chi connectivity index (χ3n) is 6.18. The number of hydrogen-bond donors (Lipinski definition) is 1. The van der Waals surface area contributed by atoms with Gasteiger partial charge in [-0.15, -0.1) is 0 Å². The van der Waals surface area contributed by atoms with Crippen LogP contribution in [0.25, 0.3) is 0 Å². The molecule has 0 aromatic heterocycles. The van der Waals surface area contributed by atoms with Crippen LogP contribution in [-0.2, 0) is 9.59 Å². The summed E-state index contributed by atoms with van der Waals surface area (Å²) in [6.07, 6.45) is 4.96. The summed E-state index contributed by atoms with van der Waals surface area (Å²) in [5, 5.41) is 2.81. The standard InChI is InChI=1S/C25H30N4O3/c1-18-7-11-22(12-8-18)29-19(2)24(31)28(25(29)32)17-23(30)26-20-9-13-21(14-10-20)27-15-5-3-4-6-16-27/h7-14,19H,3-6,15-17H2,1-2H3,(H,26,30)/t19-/m1/s1. The molecular weight excluding hydrogens is 404 g/mol. The maximum atomic E-state index is 12.9.